The van der Waals surface area contributed by atoms with E-state index in [1.807, 2.05) is 6.92 Å². The number of nitrogens with zero attached hydrogens (tertiary/aromatic N) is 1. The topological polar surface area (TPSA) is 84.9 Å². The Morgan fingerprint density at radius 2 is 1.68 bits per heavy atom. The fraction of sp³-hybridized carbons (Fsp3) is 0.542. The zero-order chi connectivity index (χ0) is 21.3. The molecular formula is C24H26N2O5. The Morgan fingerprint density at radius 3 is 2.35 bits per heavy atom. The first-order valence-corrected chi connectivity index (χ1v) is 11.2. The van der Waals surface area contributed by atoms with Crippen LogP contribution in [0.5, 0.6) is 11.5 Å². The van der Waals surface area contributed by atoms with E-state index < -0.39 is 17.8 Å². The summed E-state index contributed by atoms with van der Waals surface area (Å²) in [7, 11) is 0. The number of imide groups is 2. The van der Waals surface area contributed by atoms with Crippen molar-refractivity contribution in [3.8, 4) is 11.5 Å². The van der Waals surface area contributed by atoms with E-state index >= 15 is 0 Å². The molecule has 2 aliphatic heterocycles. The molecule has 1 atom stereocenters. The Kier molecular flexibility index (Phi) is 4.01. The summed E-state index contributed by atoms with van der Waals surface area (Å²) >= 11 is 0. The van der Waals surface area contributed by atoms with E-state index in [1.165, 1.54) is 30.2 Å². The van der Waals surface area contributed by atoms with Gasteiger partial charge in [-0.3, -0.25) is 19.8 Å². The zero-order valence-corrected chi connectivity index (χ0v) is 17.6. The summed E-state index contributed by atoms with van der Waals surface area (Å²) in [6.07, 6.45) is 8.64. The van der Waals surface area contributed by atoms with E-state index in [1.54, 1.807) is 18.2 Å². The lowest BCUT2D eigenvalue weighted by Gasteiger charge is -2.60. The lowest BCUT2D eigenvalue weighted by molar-refractivity contribution is -0.139. The van der Waals surface area contributed by atoms with Crippen LogP contribution in [0.2, 0.25) is 0 Å². The van der Waals surface area contributed by atoms with E-state index in [0.717, 1.165) is 19.3 Å². The third-order valence-electron chi connectivity index (χ3n) is 8.20. The van der Waals surface area contributed by atoms with Crippen LogP contribution in [0, 0.1) is 23.2 Å². The molecule has 0 aromatic heterocycles. The highest BCUT2D eigenvalue weighted by atomic mass is 16.7. The highest BCUT2D eigenvalue weighted by Crippen LogP contribution is 2.62. The number of fused-ring (bicyclic) bond motifs is 1. The van der Waals surface area contributed by atoms with E-state index in [9.17, 15) is 14.4 Å². The monoisotopic (exact) mass is 422 g/mol. The molecule has 162 valence electrons. The Morgan fingerprint density at radius 1 is 1.03 bits per heavy atom. The quantitative estimate of drug-likeness (QED) is 0.595. The van der Waals surface area contributed by atoms with Gasteiger partial charge in [-0.1, -0.05) is 6.07 Å². The number of urea groups is 1. The molecule has 1 N–H and O–H groups in total. The molecule has 6 aliphatic rings. The Hall–Kier alpha value is -2.83. The number of nitrogens with one attached hydrogen (secondary N) is 1. The molecule has 4 bridgehead atoms. The van der Waals surface area contributed by atoms with Crippen LogP contribution in [0.25, 0.3) is 6.08 Å². The van der Waals surface area contributed by atoms with Gasteiger partial charge in [0.1, 0.15) is 5.57 Å². The average molecular weight is 422 g/mol. The zero-order valence-electron chi connectivity index (χ0n) is 17.6. The van der Waals surface area contributed by atoms with Gasteiger partial charge in [0, 0.05) is 6.04 Å². The summed E-state index contributed by atoms with van der Waals surface area (Å²) in [4.78, 5) is 40.1. The number of amides is 4. The van der Waals surface area contributed by atoms with Crippen molar-refractivity contribution in [2.24, 2.45) is 23.2 Å². The van der Waals surface area contributed by atoms with Gasteiger partial charge in [0.25, 0.3) is 11.8 Å². The predicted octanol–water partition coefficient (Wildman–Crippen LogP) is 3.48. The van der Waals surface area contributed by atoms with Crippen molar-refractivity contribution >= 4 is 23.9 Å². The van der Waals surface area contributed by atoms with E-state index in [4.69, 9.17) is 9.47 Å². The largest absolute Gasteiger partial charge is 0.454 e. The Bertz CT molecular complexity index is 994. The maximum Gasteiger partial charge on any atom is 0.331 e. The predicted molar refractivity (Wildman–Crippen MR) is 111 cm³/mol. The SMILES string of the molecule is C[C@@H](N1C(=O)NC(=O)/C(=C\c2ccc3c(c2)OCO3)C1=O)C12CC3CC(CC(C3)C1)C2. The molecule has 1 saturated heterocycles. The summed E-state index contributed by atoms with van der Waals surface area (Å²) in [6, 6.07) is 4.42. The fourth-order valence-corrected chi connectivity index (χ4v) is 7.16. The normalized spacial score (nSPS) is 35.6. The van der Waals surface area contributed by atoms with Gasteiger partial charge in [-0.25, -0.2) is 4.79 Å². The maximum atomic E-state index is 13.4. The second kappa shape index (κ2) is 6.58. The molecular weight excluding hydrogens is 396 g/mol. The van der Waals surface area contributed by atoms with Gasteiger partial charge in [0.15, 0.2) is 11.5 Å². The van der Waals surface area contributed by atoms with Gasteiger partial charge in [0.2, 0.25) is 6.79 Å². The van der Waals surface area contributed by atoms with Gasteiger partial charge in [0.05, 0.1) is 0 Å². The highest BCUT2D eigenvalue weighted by Gasteiger charge is 2.56. The molecule has 7 heteroatoms. The molecule has 1 aromatic rings. The molecule has 0 spiro atoms. The lowest BCUT2D eigenvalue weighted by Crippen LogP contribution is -2.63. The van der Waals surface area contributed by atoms with Gasteiger partial charge in [-0.05, 0) is 92.4 Å². The number of carbonyl (C=O) groups is 3. The molecule has 7 rings (SSSR count). The van der Waals surface area contributed by atoms with Gasteiger partial charge < -0.3 is 9.47 Å². The summed E-state index contributed by atoms with van der Waals surface area (Å²) in [5.74, 6) is 2.18. The summed E-state index contributed by atoms with van der Waals surface area (Å²) in [5, 5.41) is 2.40. The molecule has 7 nitrogen and oxygen atoms in total. The summed E-state index contributed by atoms with van der Waals surface area (Å²) < 4.78 is 10.7. The first-order chi connectivity index (χ1) is 14.9. The molecule has 4 aliphatic carbocycles. The van der Waals surface area contributed by atoms with Crippen molar-refractivity contribution in [1.29, 1.82) is 0 Å². The minimum absolute atomic E-state index is 0.0185. The summed E-state index contributed by atoms with van der Waals surface area (Å²) in [6.45, 7) is 2.15. The van der Waals surface area contributed by atoms with Crippen molar-refractivity contribution in [1.82, 2.24) is 10.2 Å². The van der Waals surface area contributed by atoms with Crippen LogP contribution in [-0.2, 0) is 9.59 Å². The highest BCUT2D eigenvalue weighted by molar-refractivity contribution is 6.31. The standard InChI is InChI=1S/C24H26N2O5/c1-13(24-9-15-4-16(10-24)6-17(5-15)11-24)26-22(28)18(21(27)25-23(26)29)7-14-2-3-19-20(8-14)31-12-30-19/h2-3,7-8,13,15-17H,4-6,9-12H2,1H3,(H,25,27,29)/b18-7+/t13-,15?,16?,17?,24?/m1/s1. The van der Waals surface area contributed by atoms with E-state index in [2.05, 4.69) is 5.32 Å². The number of ether oxygens (including phenoxy) is 2. The molecule has 4 saturated carbocycles. The molecule has 1 aromatic carbocycles. The van der Waals surface area contributed by atoms with Crippen molar-refractivity contribution < 1.29 is 23.9 Å². The van der Waals surface area contributed by atoms with Crippen molar-refractivity contribution in [3.63, 3.8) is 0 Å². The minimum Gasteiger partial charge on any atom is -0.454 e. The fourth-order valence-electron chi connectivity index (χ4n) is 7.16. The first-order valence-electron chi connectivity index (χ1n) is 11.2. The van der Waals surface area contributed by atoms with Crippen molar-refractivity contribution in [2.45, 2.75) is 51.5 Å². The van der Waals surface area contributed by atoms with Crippen LogP contribution >= 0.6 is 0 Å². The smallest absolute Gasteiger partial charge is 0.331 e. The molecule has 5 fully saturated rings. The second-order valence-corrected chi connectivity index (χ2v) is 10.1. The van der Waals surface area contributed by atoms with Crippen LogP contribution < -0.4 is 14.8 Å². The minimum atomic E-state index is -0.651. The third kappa shape index (κ3) is 2.89. The van der Waals surface area contributed by atoms with Crippen LogP contribution in [0.15, 0.2) is 23.8 Å². The van der Waals surface area contributed by atoms with Crippen molar-refractivity contribution in [2.75, 3.05) is 6.79 Å². The number of rotatable bonds is 3. The number of benzene rings is 1. The number of hydrogen-bond donors (Lipinski definition) is 1. The van der Waals surface area contributed by atoms with E-state index in [0.29, 0.717) is 34.8 Å². The Labute approximate surface area is 180 Å². The second-order valence-electron chi connectivity index (χ2n) is 10.1. The summed E-state index contributed by atoms with van der Waals surface area (Å²) in [5.41, 5.74) is 0.612. The molecule has 4 amide bonds. The van der Waals surface area contributed by atoms with Crippen LogP contribution in [0.4, 0.5) is 4.79 Å². The van der Waals surface area contributed by atoms with Gasteiger partial charge >= 0.3 is 6.03 Å². The first kappa shape index (κ1) is 18.9. The van der Waals surface area contributed by atoms with Crippen LogP contribution in [0.3, 0.4) is 0 Å². The molecule has 31 heavy (non-hydrogen) atoms. The van der Waals surface area contributed by atoms with Gasteiger partial charge in [-0.2, -0.15) is 0 Å². The lowest BCUT2D eigenvalue weighted by atomic mass is 9.47. The van der Waals surface area contributed by atoms with Gasteiger partial charge in [-0.15, -0.1) is 0 Å². The Balaban J connectivity index is 1.32. The maximum absolute atomic E-state index is 13.4. The molecule has 0 radical (unpaired) electrons. The molecule has 0 unspecified atom stereocenters. The number of barbiturate groups is 1. The van der Waals surface area contributed by atoms with Crippen LogP contribution in [-0.4, -0.2) is 35.6 Å². The number of hydrogen-bond acceptors (Lipinski definition) is 5. The van der Waals surface area contributed by atoms with Crippen molar-refractivity contribution in [3.05, 3.63) is 29.3 Å². The third-order valence-corrected chi connectivity index (χ3v) is 8.20. The number of carbonyl (C=O) groups excluding carboxylic acids is 3. The average Bonchev–Trinajstić information content (AvgIpc) is 3.18. The van der Waals surface area contributed by atoms with E-state index in [-0.39, 0.29) is 23.8 Å². The molecule has 2 heterocycles. The van der Waals surface area contributed by atoms with Crippen LogP contribution in [0.1, 0.15) is 51.0 Å².